The normalized spacial score (nSPS) is 11.1. The van der Waals surface area contributed by atoms with Crippen LogP contribution in [0.1, 0.15) is 17.0 Å². The molecule has 3 aromatic heterocycles. The molecule has 0 saturated heterocycles. The lowest BCUT2D eigenvalue weighted by atomic mass is 10.3. The first kappa shape index (κ1) is 19.1. The molecule has 0 saturated carbocycles. The summed E-state index contributed by atoms with van der Waals surface area (Å²) in [5.41, 5.74) is 3.81. The van der Waals surface area contributed by atoms with E-state index in [1.165, 1.54) is 11.8 Å². The molecule has 0 atom stereocenters. The van der Waals surface area contributed by atoms with Crippen LogP contribution in [-0.2, 0) is 11.3 Å². The molecule has 4 rings (SSSR count). The van der Waals surface area contributed by atoms with Crippen molar-refractivity contribution in [3.63, 3.8) is 0 Å². The van der Waals surface area contributed by atoms with E-state index in [9.17, 15) is 4.79 Å². The molecule has 0 aliphatic heterocycles. The second kappa shape index (κ2) is 8.04. The lowest BCUT2D eigenvalue weighted by Gasteiger charge is -2.15. The van der Waals surface area contributed by atoms with Crippen LogP contribution in [0.5, 0.6) is 0 Å². The Morgan fingerprint density at radius 2 is 1.97 bits per heavy atom. The number of nitrogens with zero attached hydrogens (tertiary/aromatic N) is 7. The molecular formula is C20H21N7OS. The summed E-state index contributed by atoms with van der Waals surface area (Å²) < 4.78 is 3.50. The van der Waals surface area contributed by atoms with E-state index in [1.54, 1.807) is 27.3 Å². The molecule has 0 fully saturated rings. The highest BCUT2D eigenvalue weighted by Gasteiger charge is 2.14. The summed E-state index contributed by atoms with van der Waals surface area (Å²) in [6.07, 6.45) is 3.72. The molecule has 0 N–H and O–H groups in total. The van der Waals surface area contributed by atoms with Crippen molar-refractivity contribution in [3.05, 3.63) is 65.7 Å². The van der Waals surface area contributed by atoms with E-state index in [0.29, 0.717) is 17.5 Å². The van der Waals surface area contributed by atoms with Crippen molar-refractivity contribution < 1.29 is 4.79 Å². The molecule has 3 heterocycles. The summed E-state index contributed by atoms with van der Waals surface area (Å²) in [6, 6.07) is 11.8. The first-order valence-electron chi connectivity index (χ1n) is 9.16. The molecule has 4 aromatic rings. The molecule has 1 aromatic carbocycles. The number of carbonyl (C=O) groups is 1. The van der Waals surface area contributed by atoms with E-state index in [4.69, 9.17) is 0 Å². The van der Waals surface area contributed by atoms with Gasteiger partial charge in [-0.25, -0.2) is 14.2 Å². The fourth-order valence-corrected chi connectivity index (χ4v) is 3.73. The molecule has 0 aliphatic rings. The van der Waals surface area contributed by atoms with Gasteiger partial charge in [-0.3, -0.25) is 4.79 Å². The second-order valence-electron chi connectivity index (χ2n) is 6.81. The Bertz CT molecular complexity index is 1150. The minimum absolute atomic E-state index is 0.00202. The monoisotopic (exact) mass is 407 g/mol. The summed E-state index contributed by atoms with van der Waals surface area (Å²) in [5, 5.41) is 9.35. The SMILES string of the molecule is Cc1cc(C)n2nc(SCC(=O)N(C)Cc3cnn(-c4ccccc4)c3)nc2n1. The van der Waals surface area contributed by atoms with Crippen LogP contribution in [0.25, 0.3) is 11.5 Å². The zero-order valence-electron chi connectivity index (χ0n) is 16.5. The van der Waals surface area contributed by atoms with Gasteiger partial charge in [-0.2, -0.15) is 10.1 Å². The molecule has 8 nitrogen and oxygen atoms in total. The summed E-state index contributed by atoms with van der Waals surface area (Å²) in [7, 11) is 1.79. The fraction of sp³-hybridized carbons (Fsp3) is 0.250. The number of hydrogen-bond acceptors (Lipinski definition) is 6. The quantitative estimate of drug-likeness (QED) is 0.457. The highest BCUT2D eigenvalue weighted by atomic mass is 32.2. The number of aryl methyl sites for hydroxylation is 2. The molecule has 0 unspecified atom stereocenters. The Kier molecular flexibility index (Phi) is 5.30. The van der Waals surface area contributed by atoms with Crippen LogP contribution in [0.3, 0.4) is 0 Å². The van der Waals surface area contributed by atoms with Crippen LogP contribution in [0.4, 0.5) is 0 Å². The van der Waals surface area contributed by atoms with Crippen LogP contribution in [0.2, 0.25) is 0 Å². The third-order valence-corrected chi connectivity index (χ3v) is 5.25. The number of fused-ring (bicyclic) bond motifs is 1. The predicted molar refractivity (Wildman–Crippen MR) is 111 cm³/mol. The predicted octanol–water partition coefficient (Wildman–Crippen LogP) is 2.68. The van der Waals surface area contributed by atoms with Gasteiger partial charge in [-0.1, -0.05) is 30.0 Å². The Hall–Kier alpha value is -3.20. The van der Waals surface area contributed by atoms with Gasteiger partial charge in [-0.05, 0) is 32.0 Å². The van der Waals surface area contributed by atoms with E-state index in [-0.39, 0.29) is 11.7 Å². The maximum Gasteiger partial charge on any atom is 0.253 e. The Labute approximate surface area is 172 Å². The van der Waals surface area contributed by atoms with E-state index in [0.717, 1.165) is 22.6 Å². The average molecular weight is 408 g/mol. The van der Waals surface area contributed by atoms with E-state index in [2.05, 4.69) is 20.2 Å². The molecule has 29 heavy (non-hydrogen) atoms. The minimum Gasteiger partial charge on any atom is -0.341 e. The topological polar surface area (TPSA) is 81.2 Å². The lowest BCUT2D eigenvalue weighted by molar-refractivity contribution is -0.127. The van der Waals surface area contributed by atoms with Gasteiger partial charge in [-0.15, -0.1) is 5.10 Å². The van der Waals surface area contributed by atoms with Crippen LogP contribution in [-0.4, -0.2) is 53.0 Å². The Balaban J connectivity index is 1.36. The standard InChI is InChI=1S/C20H21N7OS/c1-14-9-15(2)27-19(22-14)23-20(24-27)29-13-18(28)25(3)11-16-10-21-26(12-16)17-7-5-4-6-8-17/h4-10,12H,11,13H2,1-3H3. The third-order valence-electron chi connectivity index (χ3n) is 4.43. The minimum atomic E-state index is 0.00202. The molecule has 1 amide bonds. The Morgan fingerprint density at radius 1 is 1.17 bits per heavy atom. The highest BCUT2D eigenvalue weighted by molar-refractivity contribution is 7.99. The van der Waals surface area contributed by atoms with Gasteiger partial charge in [0.2, 0.25) is 11.1 Å². The summed E-state index contributed by atoms with van der Waals surface area (Å²) in [6.45, 7) is 4.37. The van der Waals surface area contributed by atoms with E-state index < -0.39 is 0 Å². The van der Waals surface area contributed by atoms with Gasteiger partial charge < -0.3 is 4.90 Å². The summed E-state index contributed by atoms with van der Waals surface area (Å²) >= 11 is 1.31. The molecule has 148 valence electrons. The first-order valence-corrected chi connectivity index (χ1v) is 10.1. The zero-order chi connectivity index (χ0) is 20.4. The first-order chi connectivity index (χ1) is 14.0. The number of para-hydroxylation sites is 1. The lowest BCUT2D eigenvalue weighted by Crippen LogP contribution is -2.27. The second-order valence-corrected chi connectivity index (χ2v) is 7.75. The maximum absolute atomic E-state index is 12.5. The molecule has 0 spiro atoms. The number of hydrogen-bond donors (Lipinski definition) is 0. The number of benzene rings is 1. The highest BCUT2D eigenvalue weighted by Crippen LogP contribution is 2.16. The summed E-state index contributed by atoms with van der Waals surface area (Å²) in [5.74, 6) is 0.819. The van der Waals surface area contributed by atoms with Gasteiger partial charge in [0, 0.05) is 36.7 Å². The van der Waals surface area contributed by atoms with Crippen LogP contribution >= 0.6 is 11.8 Å². The fourth-order valence-electron chi connectivity index (χ4n) is 2.97. The van der Waals surface area contributed by atoms with Crippen molar-refractivity contribution in [2.45, 2.75) is 25.5 Å². The van der Waals surface area contributed by atoms with Gasteiger partial charge in [0.25, 0.3) is 5.78 Å². The van der Waals surface area contributed by atoms with Gasteiger partial charge >= 0.3 is 0 Å². The molecule has 0 radical (unpaired) electrons. The summed E-state index contributed by atoms with van der Waals surface area (Å²) in [4.78, 5) is 23.0. The average Bonchev–Trinajstić information content (AvgIpc) is 3.33. The van der Waals surface area contributed by atoms with Crippen molar-refractivity contribution in [1.29, 1.82) is 0 Å². The number of rotatable bonds is 6. The largest absolute Gasteiger partial charge is 0.341 e. The van der Waals surface area contributed by atoms with Crippen LogP contribution in [0.15, 0.2) is 53.9 Å². The van der Waals surface area contributed by atoms with Crippen molar-refractivity contribution in [3.8, 4) is 5.69 Å². The van der Waals surface area contributed by atoms with Crippen molar-refractivity contribution in [2.75, 3.05) is 12.8 Å². The van der Waals surface area contributed by atoms with Crippen molar-refractivity contribution >= 4 is 23.4 Å². The smallest absolute Gasteiger partial charge is 0.253 e. The van der Waals surface area contributed by atoms with Crippen molar-refractivity contribution in [1.82, 2.24) is 34.3 Å². The van der Waals surface area contributed by atoms with Gasteiger partial charge in [0.05, 0.1) is 17.6 Å². The van der Waals surface area contributed by atoms with Crippen molar-refractivity contribution in [2.24, 2.45) is 0 Å². The van der Waals surface area contributed by atoms with E-state index in [1.807, 2.05) is 56.4 Å². The van der Waals surface area contributed by atoms with Gasteiger partial charge in [0.15, 0.2) is 0 Å². The zero-order valence-corrected chi connectivity index (χ0v) is 17.3. The van der Waals surface area contributed by atoms with Crippen LogP contribution < -0.4 is 0 Å². The molecule has 0 aliphatic carbocycles. The number of aromatic nitrogens is 6. The molecule has 0 bridgehead atoms. The van der Waals surface area contributed by atoms with Gasteiger partial charge in [0.1, 0.15) is 0 Å². The molecular weight excluding hydrogens is 386 g/mol. The van der Waals surface area contributed by atoms with Crippen LogP contribution in [0, 0.1) is 13.8 Å². The third kappa shape index (κ3) is 4.29. The number of amides is 1. The Morgan fingerprint density at radius 3 is 2.76 bits per heavy atom. The number of carbonyl (C=O) groups excluding carboxylic acids is 1. The van der Waals surface area contributed by atoms with E-state index >= 15 is 0 Å². The number of thioether (sulfide) groups is 1. The molecule has 9 heteroatoms. The maximum atomic E-state index is 12.5.